The van der Waals surface area contributed by atoms with Gasteiger partial charge in [-0.25, -0.2) is 8.42 Å². The van der Waals surface area contributed by atoms with Gasteiger partial charge in [-0.2, -0.15) is 0 Å². The first-order valence-corrected chi connectivity index (χ1v) is 8.45. The Bertz CT molecular complexity index is 761. The lowest BCUT2D eigenvalue weighted by atomic mass is 10.2. The second-order valence-electron chi connectivity index (χ2n) is 4.78. The highest BCUT2D eigenvalue weighted by Crippen LogP contribution is 2.17. The van der Waals surface area contributed by atoms with Crippen LogP contribution in [0.15, 0.2) is 48.7 Å². The molecule has 1 aromatic carbocycles. The summed E-state index contributed by atoms with van der Waals surface area (Å²) in [4.78, 5) is 16.3. The van der Waals surface area contributed by atoms with E-state index in [2.05, 4.69) is 10.3 Å². The molecule has 0 atom stereocenters. The Hall–Kier alpha value is -2.41. The lowest BCUT2D eigenvalue weighted by Crippen LogP contribution is -2.26. The number of hydrogen-bond acceptors (Lipinski definition) is 4. The van der Waals surface area contributed by atoms with Crippen molar-refractivity contribution in [2.45, 2.75) is 6.54 Å². The molecule has 116 valence electrons. The van der Waals surface area contributed by atoms with Crippen LogP contribution in [0.25, 0.3) is 0 Å². The predicted octanol–water partition coefficient (Wildman–Crippen LogP) is 1.41. The Morgan fingerprint density at radius 2 is 2.00 bits per heavy atom. The van der Waals surface area contributed by atoms with Crippen LogP contribution in [0.3, 0.4) is 0 Å². The summed E-state index contributed by atoms with van der Waals surface area (Å²) >= 11 is 0. The average molecular weight is 319 g/mol. The molecule has 0 saturated heterocycles. The van der Waals surface area contributed by atoms with Crippen LogP contribution in [0.1, 0.15) is 16.1 Å². The molecule has 22 heavy (non-hydrogen) atoms. The number of nitrogens with zero attached hydrogens (tertiary/aromatic N) is 2. The van der Waals surface area contributed by atoms with E-state index in [1.165, 1.54) is 13.1 Å². The van der Waals surface area contributed by atoms with Gasteiger partial charge in [0.05, 0.1) is 24.2 Å². The Kier molecular flexibility index (Phi) is 4.77. The minimum Gasteiger partial charge on any atom is -0.346 e. The number of anilines is 1. The van der Waals surface area contributed by atoms with Crippen molar-refractivity contribution in [3.63, 3.8) is 0 Å². The molecule has 1 N–H and O–H groups in total. The van der Waals surface area contributed by atoms with Gasteiger partial charge >= 0.3 is 0 Å². The highest BCUT2D eigenvalue weighted by Gasteiger charge is 2.14. The highest BCUT2D eigenvalue weighted by atomic mass is 32.2. The number of hydrogen-bond donors (Lipinski definition) is 1. The number of pyridine rings is 1. The number of aromatic nitrogens is 1. The van der Waals surface area contributed by atoms with Gasteiger partial charge in [0.15, 0.2) is 0 Å². The molecule has 0 spiro atoms. The largest absolute Gasteiger partial charge is 0.346 e. The topological polar surface area (TPSA) is 79.4 Å². The zero-order valence-electron chi connectivity index (χ0n) is 12.4. The maximum Gasteiger partial charge on any atom is 0.251 e. The number of rotatable bonds is 5. The fourth-order valence-electron chi connectivity index (χ4n) is 1.81. The molecule has 0 unspecified atom stereocenters. The van der Waals surface area contributed by atoms with E-state index >= 15 is 0 Å². The Morgan fingerprint density at radius 1 is 1.23 bits per heavy atom. The summed E-state index contributed by atoms with van der Waals surface area (Å²) in [5, 5.41) is 2.75. The number of amides is 1. The van der Waals surface area contributed by atoms with Crippen LogP contribution in [-0.4, -0.2) is 32.6 Å². The van der Waals surface area contributed by atoms with E-state index in [1.54, 1.807) is 30.5 Å². The van der Waals surface area contributed by atoms with E-state index in [0.717, 1.165) is 16.3 Å². The fourth-order valence-corrected chi connectivity index (χ4v) is 2.31. The van der Waals surface area contributed by atoms with Gasteiger partial charge in [0, 0.05) is 18.8 Å². The SMILES string of the molecule is CN(c1cccc(C(=O)NCc2ccccn2)c1)S(C)(=O)=O. The summed E-state index contributed by atoms with van der Waals surface area (Å²) in [5.74, 6) is -0.283. The first kappa shape index (κ1) is 16.0. The van der Waals surface area contributed by atoms with Gasteiger partial charge < -0.3 is 5.32 Å². The molecular formula is C15H17N3O3S. The zero-order valence-corrected chi connectivity index (χ0v) is 13.2. The quantitative estimate of drug-likeness (QED) is 0.903. The number of nitrogens with one attached hydrogen (secondary N) is 1. The number of sulfonamides is 1. The minimum atomic E-state index is -3.36. The van der Waals surface area contributed by atoms with Crippen molar-refractivity contribution in [1.82, 2.24) is 10.3 Å². The molecule has 0 aliphatic carbocycles. The van der Waals surface area contributed by atoms with Crippen molar-refractivity contribution in [1.29, 1.82) is 0 Å². The maximum absolute atomic E-state index is 12.1. The smallest absolute Gasteiger partial charge is 0.251 e. The van der Waals surface area contributed by atoms with Gasteiger partial charge in [0.2, 0.25) is 10.0 Å². The van der Waals surface area contributed by atoms with E-state index in [9.17, 15) is 13.2 Å². The lowest BCUT2D eigenvalue weighted by Gasteiger charge is -2.17. The van der Waals surface area contributed by atoms with E-state index in [-0.39, 0.29) is 5.91 Å². The van der Waals surface area contributed by atoms with Crippen molar-refractivity contribution in [3.05, 3.63) is 59.9 Å². The van der Waals surface area contributed by atoms with Gasteiger partial charge in [0.25, 0.3) is 5.91 Å². The lowest BCUT2D eigenvalue weighted by molar-refractivity contribution is 0.0950. The van der Waals surface area contributed by atoms with Crippen molar-refractivity contribution in [2.24, 2.45) is 0 Å². The molecule has 2 aromatic rings. The van der Waals surface area contributed by atoms with Crippen LogP contribution in [0, 0.1) is 0 Å². The van der Waals surface area contributed by atoms with Gasteiger partial charge in [-0.1, -0.05) is 12.1 Å². The van der Waals surface area contributed by atoms with Gasteiger partial charge in [-0.15, -0.1) is 0 Å². The van der Waals surface area contributed by atoms with Crippen LogP contribution in [-0.2, 0) is 16.6 Å². The fraction of sp³-hybridized carbons (Fsp3) is 0.200. The summed E-state index contributed by atoms with van der Waals surface area (Å²) in [6, 6.07) is 11.9. The molecule has 0 aliphatic heterocycles. The molecule has 0 bridgehead atoms. The van der Waals surface area contributed by atoms with Crippen LogP contribution in [0.5, 0.6) is 0 Å². The van der Waals surface area contributed by atoms with E-state index in [4.69, 9.17) is 0 Å². The summed E-state index contributed by atoms with van der Waals surface area (Å²) in [6.45, 7) is 0.311. The molecule has 1 heterocycles. The van der Waals surface area contributed by atoms with Crippen molar-refractivity contribution in [3.8, 4) is 0 Å². The third-order valence-corrected chi connectivity index (χ3v) is 4.33. The molecule has 0 fully saturated rings. The molecule has 1 aromatic heterocycles. The standard InChI is InChI=1S/C15H17N3O3S/c1-18(22(2,20)21)14-8-5-6-12(10-14)15(19)17-11-13-7-3-4-9-16-13/h3-10H,11H2,1-2H3,(H,17,19). The van der Waals surface area contributed by atoms with Crippen LogP contribution in [0.4, 0.5) is 5.69 Å². The molecule has 2 rings (SSSR count). The molecular weight excluding hydrogens is 302 g/mol. The van der Waals surface area contributed by atoms with Crippen LogP contribution >= 0.6 is 0 Å². The Labute approximate surface area is 129 Å². The van der Waals surface area contributed by atoms with Gasteiger partial charge in [-0.3, -0.25) is 14.1 Å². The summed E-state index contributed by atoms with van der Waals surface area (Å²) in [5.41, 5.74) is 1.58. The molecule has 6 nitrogen and oxygen atoms in total. The predicted molar refractivity (Wildman–Crippen MR) is 85.1 cm³/mol. The number of carbonyl (C=O) groups is 1. The molecule has 1 amide bonds. The maximum atomic E-state index is 12.1. The number of carbonyl (C=O) groups excluding carboxylic acids is 1. The van der Waals surface area contributed by atoms with Crippen molar-refractivity contribution < 1.29 is 13.2 Å². The normalized spacial score (nSPS) is 11.0. The zero-order chi connectivity index (χ0) is 16.2. The third kappa shape index (κ3) is 4.05. The summed E-state index contributed by atoms with van der Waals surface area (Å²) < 4.78 is 24.2. The summed E-state index contributed by atoms with van der Waals surface area (Å²) in [6.07, 6.45) is 2.77. The Balaban J connectivity index is 2.11. The van der Waals surface area contributed by atoms with E-state index in [0.29, 0.717) is 17.8 Å². The van der Waals surface area contributed by atoms with E-state index in [1.807, 2.05) is 12.1 Å². The second-order valence-corrected chi connectivity index (χ2v) is 6.80. The third-order valence-electron chi connectivity index (χ3n) is 3.13. The van der Waals surface area contributed by atoms with Gasteiger partial charge in [0.1, 0.15) is 0 Å². The second kappa shape index (κ2) is 6.57. The minimum absolute atomic E-state index is 0.283. The monoisotopic (exact) mass is 319 g/mol. The first-order chi connectivity index (χ1) is 10.4. The van der Waals surface area contributed by atoms with Crippen molar-refractivity contribution in [2.75, 3.05) is 17.6 Å². The number of benzene rings is 1. The van der Waals surface area contributed by atoms with Crippen LogP contribution in [0.2, 0.25) is 0 Å². The molecule has 0 aliphatic rings. The van der Waals surface area contributed by atoms with Gasteiger partial charge in [-0.05, 0) is 30.3 Å². The molecule has 0 saturated carbocycles. The van der Waals surface area contributed by atoms with E-state index < -0.39 is 10.0 Å². The Morgan fingerprint density at radius 3 is 2.64 bits per heavy atom. The van der Waals surface area contributed by atoms with Crippen LogP contribution < -0.4 is 9.62 Å². The van der Waals surface area contributed by atoms with Crippen molar-refractivity contribution >= 4 is 21.6 Å². The summed E-state index contributed by atoms with van der Waals surface area (Å²) in [7, 11) is -1.92. The molecule has 7 heteroatoms. The highest BCUT2D eigenvalue weighted by molar-refractivity contribution is 7.92. The first-order valence-electron chi connectivity index (χ1n) is 6.60. The molecule has 0 radical (unpaired) electrons. The average Bonchev–Trinajstić information content (AvgIpc) is 2.52.